The van der Waals surface area contributed by atoms with E-state index in [9.17, 15) is 0 Å². The largest absolute Gasteiger partial charge is 0.489 e. The van der Waals surface area contributed by atoms with E-state index in [2.05, 4.69) is 5.10 Å². The molecule has 0 spiro atoms. The van der Waals surface area contributed by atoms with E-state index in [1.807, 2.05) is 12.1 Å². The molecule has 0 amide bonds. The standard InChI is InChI=1S/C11H12ClN3O/c1-15-11(13)8(6-14-15)7-16-10-4-2-9(12)3-5-10/h2-6H,7,13H2,1H3. The summed E-state index contributed by atoms with van der Waals surface area (Å²) < 4.78 is 7.16. The summed E-state index contributed by atoms with van der Waals surface area (Å²) in [6, 6.07) is 7.19. The van der Waals surface area contributed by atoms with Gasteiger partial charge in [-0.15, -0.1) is 0 Å². The molecule has 1 aromatic carbocycles. The van der Waals surface area contributed by atoms with Crippen molar-refractivity contribution in [2.45, 2.75) is 6.61 Å². The van der Waals surface area contributed by atoms with Gasteiger partial charge in [-0.1, -0.05) is 11.6 Å². The maximum absolute atomic E-state index is 5.79. The SMILES string of the molecule is Cn1ncc(COc2ccc(Cl)cc2)c1N. The summed E-state index contributed by atoms with van der Waals surface area (Å²) in [7, 11) is 1.79. The molecule has 0 saturated heterocycles. The Bertz CT molecular complexity index is 478. The lowest BCUT2D eigenvalue weighted by atomic mass is 10.3. The number of hydrogen-bond donors (Lipinski definition) is 1. The second-order valence-corrected chi connectivity index (χ2v) is 3.86. The first kappa shape index (κ1) is 10.8. The molecule has 0 fully saturated rings. The van der Waals surface area contributed by atoms with E-state index in [4.69, 9.17) is 22.1 Å². The number of ether oxygens (including phenoxy) is 1. The van der Waals surface area contributed by atoms with Crippen LogP contribution in [-0.2, 0) is 13.7 Å². The van der Waals surface area contributed by atoms with Crippen molar-refractivity contribution in [1.82, 2.24) is 9.78 Å². The molecule has 1 heterocycles. The summed E-state index contributed by atoms with van der Waals surface area (Å²) in [5, 5.41) is 4.72. The number of nitrogens with zero attached hydrogens (tertiary/aromatic N) is 2. The van der Waals surface area contributed by atoms with Gasteiger partial charge in [0, 0.05) is 12.1 Å². The molecule has 0 radical (unpaired) electrons. The molecule has 2 rings (SSSR count). The number of halogens is 1. The van der Waals surface area contributed by atoms with Gasteiger partial charge in [-0.2, -0.15) is 5.10 Å². The van der Waals surface area contributed by atoms with E-state index in [-0.39, 0.29) is 0 Å². The van der Waals surface area contributed by atoms with Crippen LogP contribution in [0.4, 0.5) is 5.82 Å². The molecule has 84 valence electrons. The molecule has 0 bridgehead atoms. The summed E-state index contributed by atoms with van der Waals surface area (Å²) in [6.07, 6.45) is 1.70. The fourth-order valence-corrected chi connectivity index (χ4v) is 1.42. The maximum atomic E-state index is 5.79. The van der Waals surface area contributed by atoms with E-state index in [1.54, 1.807) is 30.1 Å². The maximum Gasteiger partial charge on any atom is 0.127 e. The minimum Gasteiger partial charge on any atom is -0.489 e. The van der Waals surface area contributed by atoms with Crippen molar-refractivity contribution < 1.29 is 4.74 Å². The second-order valence-electron chi connectivity index (χ2n) is 3.42. The molecular formula is C11H12ClN3O. The number of anilines is 1. The van der Waals surface area contributed by atoms with Crippen molar-refractivity contribution in [2.75, 3.05) is 5.73 Å². The van der Waals surface area contributed by atoms with Gasteiger partial charge in [0.1, 0.15) is 18.2 Å². The predicted octanol–water partition coefficient (Wildman–Crippen LogP) is 2.23. The van der Waals surface area contributed by atoms with Gasteiger partial charge in [0.15, 0.2) is 0 Å². The van der Waals surface area contributed by atoms with E-state index in [0.717, 1.165) is 11.3 Å². The topological polar surface area (TPSA) is 53.1 Å². The van der Waals surface area contributed by atoms with Crippen molar-refractivity contribution in [3.63, 3.8) is 0 Å². The van der Waals surface area contributed by atoms with Gasteiger partial charge in [0.2, 0.25) is 0 Å². The number of nitrogen functional groups attached to an aromatic ring is 1. The van der Waals surface area contributed by atoms with Crippen LogP contribution < -0.4 is 10.5 Å². The van der Waals surface area contributed by atoms with E-state index in [1.165, 1.54) is 0 Å². The van der Waals surface area contributed by atoms with Crippen LogP contribution in [0.5, 0.6) is 5.75 Å². The quantitative estimate of drug-likeness (QED) is 0.891. The van der Waals surface area contributed by atoms with Crippen molar-refractivity contribution in [3.8, 4) is 5.75 Å². The Morgan fingerprint density at radius 2 is 2.06 bits per heavy atom. The Hall–Kier alpha value is -1.68. The zero-order valence-corrected chi connectivity index (χ0v) is 9.61. The summed E-state index contributed by atoms with van der Waals surface area (Å²) in [4.78, 5) is 0. The molecule has 0 aliphatic carbocycles. The minimum atomic E-state index is 0.404. The van der Waals surface area contributed by atoms with Crippen molar-refractivity contribution in [1.29, 1.82) is 0 Å². The van der Waals surface area contributed by atoms with Gasteiger partial charge < -0.3 is 10.5 Å². The molecule has 0 saturated carbocycles. The van der Waals surface area contributed by atoms with Crippen LogP contribution in [0.3, 0.4) is 0 Å². The monoisotopic (exact) mass is 237 g/mol. The van der Waals surface area contributed by atoms with Gasteiger partial charge in [-0.25, -0.2) is 0 Å². The highest BCUT2D eigenvalue weighted by Crippen LogP contribution is 2.18. The molecule has 4 nitrogen and oxygen atoms in total. The lowest BCUT2D eigenvalue weighted by Crippen LogP contribution is -2.02. The summed E-state index contributed by atoms with van der Waals surface area (Å²) in [5.41, 5.74) is 6.66. The Labute approximate surface area is 98.6 Å². The highest BCUT2D eigenvalue weighted by atomic mass is 35.5. The highest BCUT2D eigenvalue weighted by Gasteiger charge is 2.04. The van der Waals surface area contributed by atoms with Crippen molar-refractivity contribution in [2.24, 2.45) is 7.05 Å². The summed E-state index contributed by atoms with van der Waals surface area (Å²) >= 11 is 5.77. The van der Waals surface area contributed by atoms with Gasteiger partial charge in [-0.3, -0.25) is 4.68 Å². The molecule has 2 aromatic rings. The van der Waals surface area contributed by atoms with Crippen LogP contribution >= 0.6 is 11.6 Å². The van der Waals surface area contributed by atoms with E-state index in [0.29, 0.717) is 17.4 Å². The van der Waals surface area contributed by atoms with Gasteiger partial charge in [-0.05, 0) is 24.3 Å². The molecule has 1 aromatic heterocycles. The molecule has 5 heteroatoms. The molecular weight excluding hydrogens is 226 g/mol. The smallest absolute Gasteiger partial charge is 0.127 e. The van der Waals surface area contributed by atoms with Gasteiger partial charge >= 0.3 is 0 Å². The van der Waals surface area contributed by atoms with Crippen LogP contribution in [0.25, 0.3) is 0 Å². The lowest BCUT2D eigenvalue weighted by molar-refractivity contribution is 0.307. The summed E-state index contributed by atoms with van der Waals surface area (Å²) in [5.74, 6) is 1.38. The van der Waals surface area contributed by atoms with Crippen molar-refractivity contribution >= 4 is 17.4 Å². The number of hydrogen-bond acceptors (Lipinski definition) is 3. The fourth-order valence-electron chi connectivity index (χ4n) is 1.30. The molecule has 0 unspecified atom stereocenters. The Kier molecular flexibility index (Phi) is 3.01. The summed E-state index contributed by atoms with van der Waals surface area (Å²) in [6.45, 7) is 0.404. The molecule has 2 N–H and O–H groups in total. The fraction of sp³-hybridized carbons (Fsp3) is 0.182. The molecule has 16 heavy (non-hydrogen) atoms. The third-order valence-corrected chi connectivity index (χ3v) is 2.52. The average Bonchev–Trinajstić information content (AvgIpc) is 2.60. The first-order valence-electron chi connectivity index (χ1n) is 4.81. The molecule has 0 aliphatic rings. The number of nitrogens with two attached hydrogens (primary N) is 1. The second kappa shape index (κ2) is 4.45. The van der Waals surface area contributed by atoms with Crippen LogP contribution in [-0.4, -0.2) is 9.78 Å². The van der Waals surface area contributed by atoms with Crippen LogP contribution in [0.1, 0.15) is 5.56 Å². The first-order valence-corrected chi connectivity index (χ1v) is 5.19. The zero-order chi connectivity index (χ0) is 11.5. The predicted molar refractivity (Wildman–Crippen MR) is 63.4 cm³/mol. The number of aromatic nitrogens is 2. The third-order valence-electron chi connectivity index (χ3n) is 2.27. The average molecular weight is 238 g/mol. The van der Waals surface area contributed by atoms with Crippen LogP contribution in [0, 0.1) is 0 Å². The molecule has 0 aliphatic heterocycles. The first-order chi connectivity index (χ1) is 7.66. The van der Waals surface area contributed by atoms with Crippen molar-refractivity contribution in [3.05, 3.63) is 41.0 Å². The third kappa shape index (κ3) is 2.28. The number of rotatable bonds is 3. The Morgan fingerprint density at radius 1 is 1.38 bits per heavy atom. The zero-order valence-electron chi connectivity index (χ0n) is 8.85. The Balaban J connectivity index is 2.02. The Morgan fingerprint density at radius 3 is 2.62 bits per heavy atom. The highest BCUT2D eigenvalue weighted by molar-refractivity contribution is 6.30. The van der Waals surface area contributed by atoms with E-state index < -0.39 is 0 Å². The van der Waals surface area contributed by atoms with Gasteiger partial charge in [0.25, 0.3) is 0 Å². The lowest BCUT2D eigenvalue weighted by Gasteiger charge is -2.05. The number of aryl methyl sites for hydroxylation is 1. The minimum absolute atomic E-state index is 0.404. The number of benzene rings is 1. The van der Waals surface area contributed by atoms with Crippen LogP contribution in [0.15, 0.2) is 30.5 Å². The van der Waals surface area contributed by atoms with Gasteiger partial charge in [0.05, 0.1) is 11.8 Å². The normalized spacial score (nSPS) is 10.4. The van der Waals surface area contributed by atoms with E-state index >= 15 is 0 Å². The van der Waals surface area contributed by atoms with Crippen LogP contribution in [0.2, 0.25) is 5.02 Å². The molecule has 0 atom stereocenters.